The molecule has 0 saturated carbocycles. The Balaban J connectivity index is 1.86. The standard InChI is InChI=1S/C16H21ClN2O3S/c1-23(21,22)16(7-9-18-10-8-16)15(20)19-14-6-5-11-12(14)3-2-4-13(11)17/h2-4,14,18H,5-10H2,1H3,(H,19,20). The van der Waals surface area contributed by atoms with Crippen molar-refractivity contribution in [2.75, 3.05) is 19.3 Å². The molecule has 7 heteroatoms. The molecule has 126 valence electrons. The largest absolute Gasteiger partial charge is 0.348 e. The van der Waals surface area contributed by atoms with E-state index in [1.165, 1.54) is 0 Å². The second-order valence-electron chi connectivity index (χ2n) is 6.39. The maximum atomic E-state index is 12.9. The number of benzene rings is 1. The number of carbonyl (C=O) groups excluding carboxylic acids is 1. The second kappa shape index (κ2) is 6.07. The minimum atomic E-state index is -3.49. The topological polar surface area (TPSA) is 75.3 Å². The van der Waals surface area contributed by atoms with E-state index in [0.29, 0.717) is 31.0 Å². The number of sulfone groups is 1. The minimum absolute atomic E-state index is 0.162. The van der Waals surface area contributed by atoms with Gasteiger partial charge in [0.25, 0.3) is 0 Å². The molecule has 1 amide bonds. The van der Waals surface area contributed by atoms with Crippen molar-refractivity contribution in [3.8, 4) is 0 Å². The van der Waals surface area contributed by atoms with E-state index >= 15 is 0 Å². The van der Waals surface area contributed by atoms with E-state index < -0.39 is 14.6 Å². The van der Waals surface area contributed by atoms with Gasteiger partial charge in [0.15, 0.2) is 14.6 Å². The lowest BCUT2D eigenvalue weighted by atomic mass is 9.95. The Morgan fingerprint density at radius 1 is 1.35 bits per heavy atom. The smallest absolute Gasteiger partial charge is 0.242 e. The highest BCUT2D eigenvalue weighted by atomic mass is 35.5. The monoisotopic (exact) mass is 356 g/mol. The maximum absolute atomic E-state index is 12.9. The average molecular weight is 357 g/mol. The number of nitrogens with one attached hydrogen (secondary N) is 2. The molecule has 1 aliphatic carbocycles. The van der Waals surface area contributed by atoms with Crippen molar-refractivity contribution in [3.05, 3.63) is 34.3 Å². The zero-order valence-electron chi connectivity index (χ0n) is 13.1. The van der Waals surface area contributed by atoms with Gasteiger partial charge in [-0.2, -0.15) is 0 Å². The summed E-state index contributed by atoms with van der Waals surface area (Å²) in [6, 6.07) is 5.50. The quantitative estimate of drug-likeness (QED) is 0.862. The van der Waals surface area contributed by atoms with Gasteiger partial charge >= 0.3 is 0 Å². The van der Waals surface area contributed by atoms with Gasteiger partial charge in [-0.15, -0.1) is 0 Å². The first kappa shape index (κ1) is 16.7. The molecular weight excluding hydrogens is 336 g/mol. The highest BCUT2D eigenvalue weighted by Gasteiger charge is 2.49. The zero-order valence-corrected chi connectivity index (χ0v) is 14.6. The Bertz CT molecular complexity index is 727. The Morgan fingerprint density at radius 3 is 2.70 bits per heavy atom. The highest BCUT2D eigenvalue weighted by molar-refractivity contribution is 7.92. The molecule has 23 heavy (non-hydrogen) atoms. The van der Waals surface area contributed by atoms with Crippen LogP contribution in [0.4, 0.5) is 0 Å². The van der Waals surface area contributed by atoms with Crippen LogP contribution < -0.4 is 10.6 Å². The van der Waals surface area contributed by atoms with Crippen molar-refractivity contribution in [3.63, 3.8) is 0 Å². The van der Waals surface area contributed by atoms with Gasteiger partial charge in [-0.25, -0.2) is 8.42 Å². The van der Waals surface area contributed by atoms with E-state index in [4.69, 9.17) is 11.6 Å². The molecule has 1 unspecified atom stereocenters. The van der Waals surface area contributed by atoms with E-state index in [9.17, 15) is 13.2 Å². The predicted octanol–water partition coefficient (Wildman–Crippen LogP) is 1.61. The number of fused-ring (bicyclic) bond motifs is 1. The lowest BCUT2D eigenvalue weighted by Crippen LogP contribution is -2.57. The number of rotatable bonds is 3. The Morgan fingerprint density at radius 2 is 2.04 bits per heavy atom. The van der Waals surface area contributed by atoms with Gasteiger partial charge in [0.05, 0.1) is 6.04 Å². The molecule has 1 aromatic carbocycles. The van der Waals surface area contributed by atoms with E-state index in [1.807, 2.05) is 18.2 Å². The van der Waals surface area contributed by atoms with Crippen LogP contribution in [0.3, 0.4) is 0 Å². The maximum Gasteiger partial charge on any atom is 0.242 e. The fourth-order valence-corrected chi connectivity index (χ4v) is 5.26. The van der Waals surface area contributed by atoms with Crippen molar-refractivity contribution >= 4 is 27.3 Å². The van der Waals surface area contributed by atoms with Crippen LogP contribution in [0.25, 0.3) is 0 Å². The fraction of sp³-hybridized carbons (Fsp3) is 0.562. The first-order valence-electron chi connectivity index (χ1n) is 7.84. The van der Waals surface area contributed by atoms with Crippen LogP contribution in [-0.4, -0.2) is 38.4 Å². The second-order valence-corrected chi connectivity index (χ2v) is 9.12. The molecule has 2 N–H and O–H groups in total. The summed E-state index contributed by atoms with van der Waals surface area (Å²) in [6.07, 6.45) is 3.34. The van der Waals surface area contributed by atoms with Crippen LogP contribution in [0.2, 0.25) is 5.02 Å². The van der Waals surface area contributed by atoms with Gasteiger partial charge in [0.1, 0.15) is 0 Å². The number of piperidine rings is 1. The zero-order chi connectivity index (χ0) is 16.7. The third-order valence-corrected chi connectivity index (χ3v) is 7.42. The van der Waals surface area contributed by atoms with Gasteiger partial charge < -0.3 is 10.6 Å². The number of amides is 1. The number of carbonyl (C=O) groups is 1. The molecule has 0 bridgehead atoms. The molecule has 1 heterocycles. The van der Waals surface area contributed by atoms with Gasteiger partial charge in [0, 0.05) is 11.3 Å². The molecule has 0 spiro atoms. The van der Waals surface area contributed by atoms with Gasteiger partial charge in [-0.3, -0.25) is 4.79 Å². The molecule has 1 fully saturated rings. The Kier molecular flexibility index (Phi) is 4.42. The van der Waals surface area contributed by atoms with Crippen LogP contribution in [-0.2, 0) is 21.1 Å². The fourth-order valence-electron chi connectivity index (χ4n) is 3.65. The van der Waals surface area contributed by atoms with Crippen molar-refractivity contribution in [2.45, 2.75) is 36.5 Å². The number of hydrogen-bond donors (Lipinski definition) is 2. The molecule has 0 aromatic heterocycles. The lowest BCUT2D eigenvalue weighted by molar-refractivity contribution is -0.125. The summed E-state index contributed by atoms with van der Waals surface area (Å²) in [7, 11) is -3.49. The third-order valence-electron chi connectivity index (χ3n) is 5.05. The van der Waals surface area contributed by atoms with Crippen LogP contribution in [0.5, 0.6) is 0 Å². The SMILES string of the molecule is CS(=O)(=O)C1(C(=O)NC2CCc3c(Cl)cccc32)CCNCC1. The lowest BCUT2D eigenvalue weighted by Gasteiger charge is -2.35. The Labute approximate surface area is 141 Å². The van der Waals surface area contributed by atoms with Crippen LogP contribution >= 0.6 is 11.6 Å². The molecule has 0 radical (unpaired) electrons. The number of hydrogen-bond acceptors (Lipinski definition) is 4. The minimum Gasteiger partial charge on any atom is -0.348 e. The van der Waals surface area contributed by atoms with Crippen LogP contribution in [0, 0.1) is 0 Å². The van der Waals surface area contributed by atoms with E-state index in [-0.39, 0.29) is 11.9 Å². The van der Waals surface area contributed by atoms with Gasteiger partial charge in [0.2, 0.25) is 5.91 Å². The highest BCUT2D eigenvalue weighted by Crippen LogP contribution is 2.37. The Hall–Kier alpha value is -1.11. The molecule has 2 aliphatic rings. The molecule has 5 nitrogen and oxygen atoms in total. The molecule has 1 aliphatic heterocycles. The molecule has 1 saturated heterocycles. The third kappa shape index (κ3) is 2.88. The van der Waals surface area contributed by atoms with Crippen molar-refractivity contribution < 1.29 is 13.2 Å². The van der Waals surface area contributed by atoms with Gasteiger partial charge in [-0.1, -0.05) is 23.7 Å². The van der Waals surface area contributed by atoms with Crippen molar-refractivity contribution in [1.82, 2.24) is 10.6 Å². The average Bonchev–Trinajstić information content (AvgIpc) is 2.91. The van der Waals surface area contributed by atoms with Crippen LogP contribution in [0.15, 0.2) is 18.2 Å². The summed E-state index contributed by atoms with van der Waals surface area (Å²) in [5.74, 6) is -0.376. The summed E-state index contributed by atoms with van der Waals surface area (Å²) in [5, 5.41) is 6.80. The summed E-state index contributed by atoms with van der Waals surface area (Å²) < 4.78 is 23.3. The normalized spacial score (nSPS) is 23.3. The molecule has 1 aromatic rings. The van der Waals surface area contributed by atoms with Crippen LogP contribution in [0.1, 0.15) is 36.4 Å². The molecule has 3 rings (SSSR count). The van der Waals surface area contributed by atoms with E-state index in [1.54, 1.807) is 0 Å². The van der Waals surface area contributed by atoms with E-state index in [2.05, 4.69) is 10.6 Å². The summed E-state index contributed by atoms with van der Waals surface area (Å²) in [6.45, 7) is 1.07. The van der Waals surface area contributed by atoms with Crippen molar-refractivity contribution in [2.24, 2.45) is 0 Å². The first-order valence-corrected chi connectivity index (χ1v) is 10.1. The van der Waals surface area contributed by atoms with Gasteiger partial charge in [-0.05, 0) is 56.0 Å². The summed E-state index contributed by atoms with van der Waals surface area (Å²) >= 11 is 6.20. The predicted molar refractivity (Wildman–Crippen MR) is 90.3 cm³/mol. The summed E-state index contributed by atoms with van der Waals surface area (Å²) in [5.41, 5.74) is 2.06. The summed E-state index contributed by atoms with van der Waals surface area (Å²) in [4.78, 5) is 12.9. The van der Waals surface area contributed by atoms with E-state index in [0.717, 1.165) is 30.2 Å². The number of halogens is 1. The van der Waals surface area contributed by atoms with Crippen molar-refractivity contribution in [1.29, 1.82) is 0 Å². The molecular formula is C16H21ClN2O3S. The first-order chi connectivity index (χ1) is 10.8. The molecule has 1 atom stereocenters.